The Kier molecular flexibility index (Phi) is 4.31. The summed E-state index contributed by atoms with van der Waals surface area (Å²) in [6.45, 7) is 0. The SMILES string of the molecule is O=C(O)C1CCC(NS(=O)(=O)c2ccc(Cl)cc2F)C1. The Bertz CT molecular complexity index is 634. The van der Waals surface area contributed by atoms with E-state index in [4.69, 9.17) is 16.7 Å². The number of carbonyl (C=O) groups is 1. The maximum absolute atomic E-state index is 13.6. The summed E-state index contributed by atoms with van der Waals surface area (Å²) >= 11 is 5.57. The highest BCUT2D eigenvalue weighted by atomic mass is 35.5. The lowest BCUT2D eigenvalue weighted by atomic mass is 10.1. The van der Waals surface area contributed by atoms with Gasteiger partial charge in [0.1, 0.15) is 10.7 Å². The van der Waals surface area contributed by atoms with Crippen LogP contribution in [-0.4, -0.2) is 25.5 Å². The van der Waals surface area contributed by atoms with Crippen molar-refractivity contribution in [1.82, 2.24) is 4.72 Å². The molecule has 20 heavy (non-hydrogen) atoms. The van der Waals surface area contributed by atoms with Gasteiger partial charge in [0.25, 0.3) is 0 Å². The molecular formula is C12H13ClFNO4S. The van der Waals surface area contributed by atoms with Gasteiger partial charge in [0.2, 0.25) is 10.0 Å². The van der Waals surface area contributed by atoms with E-state index < -0.39 is 38.7 Å². The van der Waals surface area contributed by atoms with Crippen LogP contribution in [-0.2, 0) is 14.8 Å². The average Bonchev–Trinajstić information content (AvgIpc) is 2.76. The number of sulfonamides is 1. The maximum Gasteiger partial charge on any atom is 0.306 e. The molecule has 1 aliphatic carbocycles. The van der Waals surface area contributed by atoms with E-state index in [0.717, 1.165) is 12.1 Å². The van der Waals surface area contributed by atoms with E-state index in [1.54, 1.807) is 0 Å². The van der Waals surface area contributed by atoms with Crippen LogP contribution in [0.5, 0.6) is 0 Å². The fraction of sp³-hybridized carbons (Fsp3) is 0.417. The van der Waals surface area contributed by atoms with Crippen LogP contribution in [0.1, 0.15) is 19.3 Å². The first-order valence-corrected chi connectivity index (χ1v) is 7.86. The van der Waals surface area contributed by atoms with Gasteiger partial charge in [-0.2, -0.15) is 0 Å². The van der Waals surface area contributed by atoms with Crippen LogP contribution in [0.4, 0.5) is 4.39 Å². The van der Waals surface area contributed by atoms with Gasteiger partial charge in [-0.15, -0.1) is 0 Å². The van der Waals surface area contributed by atoms with Gasteiger partial charge in [0.05, 0.1) is 5.92 Å². The summed E-state index contributed by atoms with van der Waals surface area (Å²) in [7, 11) is -4.02. The third kappa shape index (κ3) is 3.28. The predicted molar refractivity (Wildman–Crippen MR) is 70.5 cm³/mol. The molecule has 1 aromatic carbocycles. The lowest BCUT2D eigenvalue weighted by Gasteiger charge is -2.13. The molecule has 0 heterocycles. The number of carboxylic acid groups (broad SMARTS) is 1. The maximum atomic E-state index is 13.6. The van der Waals surface area contributed by atoms with Crippen LogP contribution in [0.2, 0.25) is 5.02 Å². The van der Waals surface area contributed by atoms with Crippen LogP contribution in [0.3, 0.4) is 0 Å². The summed E-state index contributed by atoms with van der Waals surface area (Å²) in [6.07, 6.45) is 1.04. The topological polar surface area (TPSA) is 83.5 Å². The molecule has 2 rings (SSSR count). The van der Waals surface area contributed by atoms with Gasteiger partial charge in [-0.3, -0.25) is 4.79 Å². The van der Waals surface area contributed by atoms with Gasteiger partial charge in [-0.1, -0.05) is 11.6 Å². The zero-order chi connectivity index (χ0) is 14.9. The van der Waals surface area contributed by atoms with Crippen molar-refractivity contribution in [3.63, 3.8) is 0 Å². The van der Waals surface area contributed by atoms with Crippen molar-refractivity contribution >= 4 is 27.6 Å². The third-order valence-electron chi connectivity index (χ3n) is 3.29. The van der Waals surface area contributed by atoms with E-state index in [0.29, 0.717) is 12.8 Å². The van der Waals surface area contributed by atoms with Gasteiger partial charge in [-0.05, 0) is 37.5 Å². The summed E-state index contributed by atoms with van der Waals surface area (Å²) in [5.74, 6) is -2.43. The summed E-state index contributed by atoms with van der Waals surface area (Å²) < 4.78 is 40.1. The highest BCUT2D eigenvalue weighted by Gasteiger charge is 2.33. The van der Waals surface area contributed by atoms with E-state index in [1.165, 1.54) is 6.07 Å². The zero-order valence-corrected chi connectivity index (χ0v) is 11.9. The van der Waals surface area contributed by atoms with Gasteiger partial charge in [-0.25, -0.2) is 17.5 Å². The van der Waals surface area contributed by atoms with Gasteiger partial charge < -0.3 is 5.11 Å². The van der Waals surface area contributed by atoms with E-state index in [2.05, 4.69) is 4.72 Å². The van der Waals surface area contributed by atoms with Crippen molar-refractivity contribution in [3.05, 3.63) is 29.0 Å². The fourth-order valence-corrected chi connectivity index (χ4v) is 3.79. The molecule has 0 amide bonds. The Morgan fingerprint density at radius 3 is 2.65 bits per heavy atom. The van der Waals surface area contributed by atoms with Crippen LogP contribution in [0.25, 0.3) is 0 Å². The summed E-state index contributed by atoms with van der Waals surface area (Å²) in [6, 6.07) is 2.80. The number of hydrogen-bond acceptors (Lipinski definition) is 3. The molecule has 2 atom stereocenters. The Hall–Kier alpha value is -1.18. The highest BCUT2D eigenvalue weighted by Crippen LogP contribution is 2.27. The minimum Gasteiger partial charge on any atom is -0.481 e. The molecule has 1 aromatic rings. The Morgan fingerprint density at radius 1 is 1.40 bits per heavy atom. The molecule has 1 saturated carbocycles. The Balaban J connectivity index is 2.14. The Morgan fingerprint density at radius 2 is 2.10 bits per heavy atom. The van der Waals surface area contributed by atoms with Gasteiger partial charge in [0.15, 0.2) is 0 Å². The smallest absolute Gasteiger partial charge is 0.306 e. The van der Waals surface area contributed by atoms with Crippen molar-refractivity contribution in [1.29, 1.82) is 0 Å². The molecule has 0 aromatic heterocycles. The molecular weight excluding hydrogens is 309 g/mol. The summed E-state index contributed by atoms with van der Waals surface area (Å²) in [5, 5.41) is 8.97. The second-order valence-electron chi connectivity index (χ2n) is 4.74. The molecule has 2 N–H and O–H groups in total. The first-order chi connectivity index (χ1) is 9.29. The molecule has 5 nitrogen and oxygen atoms in total. The number of hydrogen-bond donors (Lipinski definition) is 2. The molecule has 0 saturated heterocycles. The number of halogens is 2. The van der Waals surface area contributed by atoms with E-state index >= 15 is 0 Å². The van der Waals surface area contributed by atoms with Gasteiger partial charge >= 0.3 is 5.97 Å². The first-order valence-electron chi connectivity index (χ1n) is 6.00. The number of benzene rings is 1. The normalized spacial score (nSPS) is 22.9. The van der Waals surface area contributed by atoms with Crippen molar-refractivity contribution in [2.75, 3.05) is 0 Å². The quantitative estimate of drug-likeness (QED) is 0.888. The molecule has 0 radical (unpaired) electrons. The molecule has 0 aliphatic heterocycles. The van der Waals surface area contributed by atoms with Crippen molar-refractivity contribution in [2.45, 2.75) is 30.2 Å². The molecule has 0 spiro atoms. The largest absolute Gasteiger partial charge is 0.481 e. The number of rotatable bonds is 4. The highest BCUT2D eigenvalue weighted by molar-refractivity contribution is 7.89. The van der Waals surface area contributed by atoms with Crippen LogP contribution in [0.15, 0.2) is 23.1 Å². The lowest BCUT2D eigenvalue weighted by molar-refractivity contribution is -0.141. The van der Waals surface area contributed by atoms with Crippen molar-refractivity contribution < 1.29 is 22.7 Å². The van der Waals surface area contributed by atoms with Gasteiger partial charge in [0, 0.05) is 11.1 Å². The van der Waals surface area contributed by atoms with E-state index in [9.17, 15) is 17.6 Å². The number of carboxylic acids is 1. The monoisotopic (exact) mass is 321 g/mol. The lowest BCUT2D eigenvalue weighted by Crippen LogP contribution is -2.33. The van der Waals surface area contributed by atoms with Crippen LogP contribution >= 0.6 is 11.6 Å². The molecule has 1 aliphatic rings. The minimum absolute atomic E-state index is 0.105. The molecule has 8 heteroatoms. The van der Waals surface area contributed by atoms with Crippen molar-refractivity contribution in [2.24, 2.45) is 5.92 Å². The zero-order valence-electron chi connectivity index (χ0n) is 10.3. The molecule has 1 fully saturated rings. The van der Waals surface area contributed by atoms with Crippen LogP contribution in [0, 0.1) is 11.7 Å². The molecule has 110 valence electrons. The number of nitrogens with one attached hydrogen (secondary N) is 1. The first kappa shape index (κ1) is 15.2. The average molecular weight is 322 g/mol. The third-order valence-corrected chi connectivity index (χ3v) is 5.08. The van der Waals surface area contributed by atoms with E-state index in [-0.39, 0.29) is 11.4 Å². The second kappa shape index (κ2) is 5.67. The van der Waals surface area contributed by atoms with Crippen molar-refractivity contribution in [3.8, 4) is 0 Å². The minimum atomic E-state index is -4.02. The summed E-state index contributed by atoms with van der Waals surface area (Å²) in [5.41, 5.74) is 0. The van der Waals surface area contributed by atoms with E-state index in [1.807, 2.05) is 0 Å². The second-order valence-corrected chi connectivity index (χ2v) is 6.86. The summed E-state index contributed by atoms with van der Waals surface area (Å²) in [4.78, 5) is 10.3. The van der Waals surface area contributed by atoms with Crippen LogP contribution < -0.4 is 4.72 Å². The molecule has 2 unspecified atom stereocenters. The standard InChI is InChI=1S/C12H13ClFNO4S/c13-8-2-4-11(10(14)6-8)20(18,19)15-9-3-1-7(5-9)12(16)17/h2,4,6-7,9,15H,1,3,5H2,(H,16,17). The number of aliphatic carboxylic acids is 1. The fourth-order valence-electron chi connectivity index (χ4n) is 2.29. The predicted octanol–water partition coefficient (Wildman–Crippen LogP) is 2.01. The molecule has 0 bridgehead atoms. The Labute approximate surface area is 120 Å².